The number of hydrogen-bond donors (Lipinski definition) is 0. The van der Waals surface area contributed by atoms with Crippen molar-refractivity contribution < 1.29 is 0 Å². The molecule has 2 heteroatoms. The number of rotatable bonds is 2. The van der Waals surface area contributed by atoms with Crippen molar-refractivity contribution in [3.8, 4) is 9.64 Å². The van der Waals surface area contributed by atoms with Gasteiger partial charge in [0, 0.05) is 0 Å². The third kappa shape index (κ3) is 4.55. The fourth-order valence-electron chi connectivity index (χ4n) is 0.788. The molecule has 0 aromatic heterocycles. The van der Waals surface area contributed by atoms with E-state index in [0.29, 0.717) is 29.9 Å². The van der Waals surface area contributed by atoms with E-state index in [1.807, 2.05) is 0 Å². The van der Waals surface area contributed by atoms with Crippen molar-refractivity contribution in [2.75, 3.05) is 0 Å². The van der Waals surface area contributed by atoms with E-state index < -0.39 is 0 Å². The summed E-state index contributed by atoms with van der Waals surface area (Å²) < 4.78 is 1.39. The van der Waals surface area contributed by atoms with Crippen molar-refractivity contribution in [1.82, 2.24) is 0 Å². The Kier molecular flexibility index (Phi) is 5.28. The first-order chi connectivity index (χ1) is 6.33. The van der Waals surface area contributed by atoms with Gasteiger partial charge < -0.3 is 0 Å². The molecule has 0 atom stereocenters. The number of benzene rings is 1. The molecular formula is C11H12Se2. The molecule has 0 aliphatic rings. The van der Waals surface area contributed by atoms with E-state index in [1.165, 1.54) is 15.3 Å². The normalized spacial score (nSPS) is 9.08. The van der Waals surface area contributed by atoms with E-state index in [9.17, 15) is 0 Å². The van der Waals surface area contributed by atoms with Crippen molar-refractivity contribution in [2.45, 2.75) is 19.2 Å². The first kappa shape index (κ1) is 10.9. The summed E-state index contributed by atoms with van der Waals surface area (Å²) in [4.78, 5) is 6.50. The molecule has 13 heavy (non-hydrogen) atoms. The van der Waals surface area contributed by atoms with Crippen LogP contribution in [0.15, 0.2) is 24.3 Å². The van der Waals surface area contributed by atoms with Crippen LogP contribution in [0, 0.1) is 16.6 Å². The molecule has 0 fully saturated rings. The summed E-state index contributed by atoms with van der Waals surface area (Å²) in [5.41, 5.74) is 1.32. The summed E-state index contributed by atoms with van der Waals surface area (Å²) in [6.45, 7) is 4.30. The molecule has 0 saturated carbocycles. The first-order valence-corrected chi connectivity index (χ1v) is 7.96. The van der Waals surface area contributed by atoms with Gasteiger partial charge in [-0.3, -0.25) is 0 Å². The Bertz CT molecular complexity index is 303. The van der Waals surface area contributed by atoms with Crippen molar-refractivity contribution >= 4 is 34.4 Å². The zero-order chi connectivity index (χ0) is 9.52. The second-order valence-corrected chi connectivity index (χ2v) is 6.64. The van der Waals surface area contributed by atoms with Crippen LogP contribution in [-0.2, 0) is 0 Å². The Balaban J connectivity index is 2.47. The fraction of sp³-hybridized carbons (Fsp3) is 0.273. The van der Waals surface area contributed by atoms with Crippen LogP contribution < -0.4 is 4.46 Å². The van der Waals surface area contributed by atoms with Crippen LogP contribution in [0.1, 0.15) is 12.5 Å². The van der Waals surface area contributed by atoms with Crippen molar-refractivity contribution in [3.63, 3.8) is 0 Å². The quantitative estimate of drug-likeness (QED) is 0.572. The molecular weight excluding hydrogens is 290 g/mol. The van der Waals surface area contributed by atoms with Crippen LogP contribution in [0.25, 0.3) is 0 Å². The van der Waals surface area contributed by atoms with E-state index >= 15 is 0 Å². The van der Waals surface area contributed by atoms with E-state index in [-0.39, 0.29) is 0 Å². The summed E-state index contributed by atoms with van der Waals surface area (Å²) in [5.74, 6) is 0. The van der Waals surface area contributed by atoms with Gasteiger partial charge in [0.1, 0.15) is 0 Å². The maximum atomic E-state index is 3.26. The standard InChI is InChI=1S/C11H12Se2/c1-3-12-8-9-13-11-6-4-10(2)5-7-11/h4-7H,3H2,1-2H3. The zero-order valence-corrected chi connectivity index (χ0v) is 11.3. The summed E-state index contributed by atoms with van der Waals surface area (Å²) in [6.07, 6.45) is 0. The Morgan fingerprint density at radius 2 is 1.85 bits per heavy atom. The van der Waals surface area contributed by atoms with Crippen LogP contribution in [0.4, 0.5) is 0 Å². The van der Waals surface area contributed by atoms with Crippen LogP contribution in [0.2, 0.25) is 5.32 Å². The van der Waals surface area contributed by atoms with Gasteiger partial charge in [-0.2, -0.15) is 0 Å². The molecule has 0 aliphatic heterocycles. The second-order valence-electron chi connectivity index (χ2n) is 2.55. The molecule has 1 aromatic rings. The third-order valence-corrected chi connectivity index (χ3v) is 4.72. The molecule has 0 bridgehead atoms. The van der Waals surface area contributed by atoms with Gasteiger partial charge in [-0.1, -0.05) is 0 Å². The second kappa shape index (κ2) is 6.30. The molecule has 1 aromatic carbocycles. The van der Waals surface area contributed by atoms with E-state index in [1.54, 1.807) is 0 Å². The Morgan fingerprint density at radius 3 is 2.46 bits per heavy atom. The molecule has 0 nitrogen and oxygen atoms in total. The number of aryl methyl sites for hydroxylation is 1. The van der Waals surface area contributed by atoms with Gasteiger partial charge >= 0.3 is 93.0 Å². The molecule has 0 spiro atoms. The molecule has 1 rings (SSSR count). The average Bonchev–Trinajstić information content (AvgIpc) is 2.15. The fourth-order valence-corrected chi connectivity index (χ4v) is 3.22. The Hall–Kier alpha value is -0.181. The van der Waals surface area contributed by atoms with Gasteiger partial charge in [-0.15, -0.1) is 0 Å². The SMILES string of the molecule is CC[Se]C#C[Se]c1ccc(C)cc1. The molecule has 0 saturated heterocycles. The van der Waals surface area contributed by atoms with E-state index in [0.717, 1.165) is 0 Å². The van der Waals surface area contributed by atoms with Gasteiger partial charge in [-0.05, 0) is 0 Å². The monoisotopic (exact) mass is 304 g/mol. The first-order valence-electron chi connectivity index (χ1n) is 4.18. The van der Waals surface area contributed by atoms with Crippen LogP contribution in [0.5, 0.6) is 0 Å². The molecule has 0 N–H and O–H groups in total. The van der Waals surface area contributed by atoms with Crippen LogP contribution in [-0.4, -0.2) is 29.9 Å². The van der Waals surface area contributed by atoms with Crippen LogP contribution in [0.3, 0.4) is 0 Å². The Morgan fingerprint density at radius 1 is 1.15 bits per heavy atom. The van der Waals surface area contributed by atoms with Crippen molar-refractivity contribution in [1.29, 1.82) is 0 Å². The van der Waals surface area contributed by atoms with Crippen LogP contribution >= 0.6 is 0 Å². The van der Waals surface area contributed by atoms with Crippen molar-refractivity contribution in [2.24, 2.45) is 0 Å². The summed E-state index contributed by atoms with van der Waals surface area (Å²) in [7, 11) is 0. The minimum absolute atomic E-state index is 0.366. The topological polar surface area (TPSA) is 0 Å². The van der Waals surface area contributed by atoms with Gasteiger partial charge in [0.05, 0.1) is 0 Å². The molecule has 0 heterocycles. The minimum atomic E-state index is 0.366. The van der Waals surface area contributed by atoms with E-state index in [4.69, 9.17) is 0 Å². The predicted octanol–water partition coefficient (Wildman–Crippen LogP) is 1.39. The third-order valence-electron chi connectivity index (χ3n) is 1.45. The van der Waals surface area contributed by atoms with Gasteiger partial charge in [0.15, 0.2) is 0 Å². The number of hydrogen-bond acceptors (Lipinski definition) is 0. The van der Waals surface area contributed by atoms with Gasteiger partial charge in [0.25, 0.3) is 0 Å². The zero-order valence-electron chi connectivity index (χ0n) is 7.83. The Labute approximate surface area is 92.8 Å². The molecule has 68 valence electrons. The van der Waals surface area contributed by atoms with Gasteiger partial charge in [-0.25, -0.2) is 0 Å². The van der Waals surface area contributed by atoms with Crippen molar-refractivity contribution in [3.05, 3.63) is 29.8 Å². The molecule has 0 amide bonds. The summed E-state index contributed by atoms with van der Waals surface area (Å²) in [6, 6.07) is 8.68. The van der Waals surface area contributed by atoms with E-state index in [2.05, 4.69) is 47.8 Å². The molecule has 0 aliphatic carbocycles. The summed E-state index contributed by atoms with van der Waals surface area (Å²) >= 11 is 0.914. The van der Waals surface area contributed by atoms with Gasteiger partial charge in [0.2, 0.25) is 0 Å². The molecule has 0 unspecified atom stereocenters. The molecule has 0 radical (unpaired) electrons. The maximum absolute atomic E-state index is 3.26. The summed E-state index contributed by atoms with van der Waals surface area (Å²) in [5, 5.41) is 1.23. The predicted molar refractivity (Wildman–Crippen MR) is 60.6 cm³/mol. The average molecular weight is 302 g/mol.